The maximum Gasteiger partial charge on any atom is 0.500 e. The summed E-state index contributed by atoms with van der Waals surface area (Å²) in [5.41, 5.74) is 5.44. The zero-order valence-corrected chi connectivity index (χ0v) is 13.2. The molecular formula is C12H30N2O3Si. The molecule has 110 valence electrons. The van der Waals surface area contributed by atoms with Crippen LogP contribution in [0.2, 0.25) is 6.04 Å². The second-order valence-corrected chi connectivity index (χ2v) is 6.71. The second kappa shape index (κ2) is 12.1. The molecule has 0 saturated heterocycles. The molecule has 6 heteroatoms. The fourth-order valence-corrected chi connectivity index (χ4v) is 4.40. The maximum atomic E-state index is 5.78. The summed E-state index contributed by atoms with van der Waals surface area (Å²) in [5, 5.41) is 3.36. The molecule has 0 aromatic carbocycles. The van der Waals surface area contributed by atoms with E-state index in [1.807, 2.05) is 20.8 Å². The summed E-state index contributed by atoms with van der Waals surface area (Å²) in [5.74, 6) is 0. The van der Waals surface area contributed by atoms with Gasteiger partial charge in [0.05, 0.1) is 0 Å². The smallest absolute Gasteiger partial charge is 0.374 e. The lowest BCUT2D eigenvalue weighted by molar-refractivity contribution is 0.0708. The Morgan fingerprint density at radius 2 is 1.39 bits per heavy atom. The van der Waals surface area contributed by atoms with Crippen molar-refractivity contribution in [2.75, 3.05) is 39.5 Å². The normalized spacial score (nSPS) is 12.0. The lowest BCUT2D eigenvalue weighted by Crippen LogP contribution is -2.46. The van der Waals surface area contributed by atoms with Crippen LogP contribution in [0.3, 0.4) is 0 Å². The Balaban J connectivity index is 3.97. The van der Waals surface area contributed by atoms with Crippen LogP contribution in [0.5, 0.6) is 0 Å². The van der Waals surface area contributed by atoms with Crippen molar-refractivity contribution in [3.63, 3.8) is 0 Å². The van der Waals surface area contributed by atoms with Gasteiger partial charge >= 0.3 is 8.80 Å². The number of hydrogen-bond acceptors (Lipinski definition) is 5. The molecule has 0 bridgehead atoms. The summed E-state index contributed by atoms with van der Waals surface area (Å²) in [6, 6.07) is 0.873. The first kappa shape index (κ1) is 18.0. The maximum absolute atomic E-state index is 5.78. The summed E-state index contributed by atoms with van der Waals surface area (Å²) in [6.45, 7) is 10.6. The van der Waals surface area contributed by atoms with Crippen molar-refractivity contribution in [3.8, 4) is 0 Å². The van der Waals surface area contributed by atoms with Gasteiger partial charge in [-0.3, -0.25) is 0 Å². The zero-order chi connectivity index (χ0) is 13.7. The molecule has 0 heterocycles. The molecule has 0 aromatic heterocycles. The molecule has 0 aromatic rings. The average Bonchev–Trinajstić information content (AvgIpc) is 2.35. The second-order valence-electron chi connectivity index (χ2n) is 3.98. The van der Waals surface area contributed by atoms with Gasteiger partial charge in [0.15, 0.2) is 0 Å². The molecule has 0 radical (unpaired) electrons. The minimum absolute atomic E-state index is 0.646. The average molecular weight is 278 g/mol. The summed E-state index contributed by atoms with van der Waals surface area (Å²) in [7, 11) is -2.43. The van der Waals surface area contributed by atoms with Gasteiger partial charge in [0.25, 0.3) is 0 Å². The molecule has 0 unspecified atom stereocenters. The van der Waals surface area contributed by atoms with Gasteiger partial charge < -0.3 is 24.3 Å². The highest BCUT2D eigenvalue weighted by Gasteiger charge is 2.39. The zero-order valence-electron chi connectivity index (χ0n) is 12.2. The summed E-state index contributed by atoms with van der Waals surface area (Å²) in [4.78, 5) is 0. The third-order valence-electron chi connectivity index (χ3n) is 2.49. The minimum atomic E-state index is -2.43. The van der Waals surface area contributed by atoms with Gasteiger partial charge in [0.2, 0.25) is 0 Å². The first-order valence-corrected chi connectivity index (χ1v) is 9.00. The Labute approximate surface area is 113 Å². The van der Waals surface area contributed by atoms with E-state index in [1.54, 1.807) is 0 Å². The van der Waals surface area contributed by atoms with Crippen LogP contribution in [0.1, 0.15) is 33.6 Å². The van der Waals surface area contributed by atoms with Gasteiger partial charge in [0.1, 0.15) is 0 Å². The van der Waals surface area contributed by atoms with Crippen molar-refractivity contribution in [2.24, 2.45) is 5.73 Å². The van der Waals surface area contributed by atoms with Crippen LogP contribution in [0.4, 0.5) is 0 Å². The first-order valence-electron chi connectivity index (χ1n) is 7.07. The Hall–Kier alpha value is 0.0169. The highest BCUT2D eigenvalue weighted by Crippen LogP contribution is 2.17. The van der Waals surface area contributed by atoms with E-state index < -0.39 is 8.80 Å². The van der Waals surface area contributed by atoms with Gasteiger partial charge in [0, 0.05) is 25.9 Å². The molecule has 0 saturated carbocycles. The Morgan fingerprint density at radius 3 is 1.83 bits per heavy atom. The predicted octanol–water partition coefficient (Wildman–Crippen LogP) is 1.36. The van der Waals surface area contributed by atoms with Crippen molar-refractivity contribution >= 4 is 8.80 Å². The Morgan fingerprint density at radius 1 is 0.889 bits per heavy atom. The van der Waals surface area contributed by atoms with E-state index in [0.29, 0.717) is 19.8 Å². The molecule has 0 rings (SSSR count). The predicted molar refractivity (Wildman–Crippen MR) is 76.6 cm³/mol. The van der Waals surface area contributed by atoms with Gasteiger partial charge in [-0.25, -0.2) is 0 Å². The molecule has 0 atom stereocenters. The van der Waals surface area contributed by atoms with Crippen molar-refractivity contribution < 1.29 is 13.3 Å². The van der Waals surface area contributed by atoms with E-state index in [0.717, 1.165) is 38.5 Å². The SMILES string of the molecule is CCO[Si](CCCNCCCN)(OCC)OCC. The summed E-state index contributed by atoms with van der Waals surface area (Å²) in [6.07, 6.45) is 2.03. The third-order valence-corrected chi connectivity index (χ3v) is 5.64. The van der Waals surface area contributed by atoms with Crippen LogP contribution < -0.4 is 11.1 Å². The quantitative estimate of drug-likeness (QED) is 0.393. The first-order chi connectivity index (χ1) is 8.74. The van der Waals surface area contributed by atoms with E-state index in [1.165, 1.54) is 0 Å². The fourth-order valence-electron chi connectivity index (χ4n) is 1.78. The highest BCUT2D eigenvalue weighted by molar-refractivity contribution is 6.60. The molecule has 0 aliphatic heterocycles. The van der Waals surface area contributed by atoms with Crippen LogP contribution in [-0.2, 0) is 13.3 Å². The molecule has 18 heavy (non-hydrogen) atoms. The van der Waals surface area contributed by atoms with E-state index in [-0.39, 0.29) is 0 Å². The van der Waals surface area contributed by atoms with Crippen molar-refractivity contribution in [3.05, 3.63) is 0 Å². The van der Waals surface area contributed by atoms with Crippen LogP contribution in [0.15, 0.2) is 0 Å². The number of nitrogens with one attached hydrogen (secondary N) is 1. The summed E-state index contributed by atoms with van der Waals surface area (Å²) >= 11 is 0. The van der Waals surface area contributed by atoms with Crippen LogP contribution >= 0.6 is 0 Å². The molecular weight excluding hydrogens is 248 g/mol. The van der Waals surface area contributed by atoms with E-state index in [9.17, 15) is 0 Å². The minimum Gasteiger partial charge on any atom is -0.374 e. The van der Waals surface area contributed by atoms with Gasteiger partial charge in [-0.05, 0) is 53.2 Å². The van der Waals surface area contributed by atoms with Crippen molar-refractivity contribution in [1.82, 2.24) is 5.32 Å². The van der Waals surface area contributed by atoms with E-state index in [4.69, 9.17) is 19.0 Å². The molecule has 0 amide bonds. The number of hydrogen-bond donors (Lipinski definition) is 2. The highest BCUT2D eigenvalue weighted by atomic mass is 28.4. The van der Waals surface area contributed by atoms with Gasteiger partial charge in [-0.15, -0.1) is 0 Å². The number of nitrogens with two attached hydrogens (primary N) is 1. The molecule has 0 fully saturated rings. The lowest BCUT2D eigenvalue weighted by Gasteiger charge is -2.28. The van der Waals surface area contributed by atoms with Gasteiger partial charge in [-0.2, -0.15) is 0 Å². The fraction of sp³-hybridized carbons (Fsp3) is 1.00. The van der Waals surface area contributed by atoms with E-state index >= 15 is 0 Å². The largest absolute Gasteiger partial charge is 0.500 e. The van der Waals surface area contributed by atoms with Crippen molar-refractivity contribution in [2.45, 2.75) is 39.7 Å². The molecule has 0 spiro atoms. The molecule has 0 aliphatic carbocycles. The summed E-state index contributed by atoms with van der Waals surface area (Å²) < 4.78 is 17.4. The molecule has 3 N–H and O–H groups in total. The third kappa shape index (κ3) is 8.18. The van der Waals surface area contributed by atoms with Crippen LogP contribution in [0, 0.1) is 0 Å². The van der Waals surface area contributed by atoms with Gasteiger partial charge in [-0.1, -0.05) is 0 Å². The number of rotatable bonds is 13. The Bertz CT molecular complexity index is 168. The van der Waals surface area contributed by atoms with Crippen molar-refractivity contribution in [1.29, 1.82) is 0 Å². The van der Waals surface area contributed by atoms with Crippen LogP contribution in [-0.4, -0.2) is 48.3 Å². The molecule has 0 aliphatic rings. The topological polar surface area (TPSA) is 65.7 Å². The van der Waals surface area contributed by atoms with E-state index in [2.05, 4.69) is 5.32 Å². The lowest BCUT2D eigenvalue weighted by atomic mass is 10.4. The van der Waals surface area contributed by atoms with Crippen LogP contribution in [0.25, 0.3) is 0 Å². The monoisotopic (exact) mass is 278 g/mol. The Kier molecular flexibility index (Phi) is 12.1. The standard InChI is InChI=1S/C12H30N2O3Si/c1-4-15-18(16-5-2,17-6-3)12-8-11-14-10-7-9-13/h14H,4-13H2,1-3H3. The molecule has 5 nitrogen and oxygen atoms in total.